The molecule has 1 aromatic carbocycles. The normalized spacial score (nSPS) is 11.2. The largest absolute Gasteiger partial charge is 0.323 e. The molecule has 0 saturated carbocycles. The van der Waals surface area contributed by atoms with Gasteiger partial charge in [-0.3, -0.25) is 15.5 Å². The van der Waals surface area contributed by atoms with Crippen LogP contribution in [0.25, 0.3) is 0 Å². The molecule has 0 aliphatic carbocycles. The van der Waals surface area contributed by atoms with E-state index >= 15 is 0 Å². The third kappa shape index (κ3) is 3.21. The fourth-order valence-corrected chi connectivity index (χ4v) is 3.46. The van der Waals surface area contributed by atoms with Crippen LogP contribution in [0.5, 0.6) is 0 Å². The van der Waals surface area contributed by atoms with Crippen molar-refractivity contribution >= 4 is 48.9 Å². The Morgan fingerprint density at radius 2 is 2.00 bits per heavy atom. The maximum absolute atomic E-state index is 12.3. The van der Waals surface area contributed by atoms with E-state index in [4.69, 9.17) is 17.4 Å². The SMILES string of the molecule is NNc1ccncc1S(=O)(=O)Nc1ccc(Br)cc1Cl. The molecule has 0 spiro atoms. The van der Waals surface area contributed by atoms with E-state index in [1.165, 1.54) is 18.5 Å². The minimum atomic E-state index is -3.85. The van der Waals surface area contributed by atoms with Gasteiger partial charge in [0.15, 0.2) is 0 Å². The lowest BCUT2D eigenvalue weighted by atomic mass is 10.3. The molecule has 0 radical (unpaired) electrons. The highest BCUT2D eigenvalue weighted by atomic mass is 79.9. The maximum atomic E-state index is 12.3. The standard InChI is InChI=1S/C11H10BrClN4O2S/c12-7-1-2-9(8(13)5-7)17-20(18,19)11-6-15-4-3-10(11)16-14/h1-6,17H,14H2,(H,15,16). The topological polar surface area (TPSA) is 97.1 Å². The van der Waals surface area contributed by atoms with Gasteiger partial charge in [0.05, 0.1) is 16.4 Å². The molecule has 0 atom stereocenters. The molecule has 0 unspecified atom stereocenters. The highest BCUT2D eigenvalue weighted by molar-refractivity contribution is 9.10. The third-order valence-electron chi connectivity index (χ3n) is 2.40. The van der Waals surface area contributed by atoms with Crippen molar-refractivity contribution in [3.63, 3.8) is 0 Å². The van der Waals surface area contributed by atoms with Crippen LogP contribution in [0, 0.1) is 0 Å². The molecular formula is C11H10BrClN4O2S. The fraction of sp³-hybridized carbons (Fsp3) is 0. The first-order valence-electron chi connectivity index (χ1n) is 5.32. The zero-order valence-corrected chi connectivity index (χ0v) is 13.1. The molecule has 0 saturated heterocycles. The molecule has 20 heavy (non-hydrogen) atoms. The first-order chi connectivity index (χ1) is 9.44. The Kier molecular flexibility index (Phi) is 4.48. The van der Waals surface area contributed by atoms with E-state index in [1.54, 1.807) is 18.2 Å². The number of hydrogen-bond acceptors (Lipinski definition) is 5. The Morgan fingerprint density at radius 3 is 2.65 bits per heavy atom. The average molecular weight is 378 g/mol. The van der Waals surface area contributed by atoms with Gasteiger partial charge < -0.3 is 5.43 Å². The molecule has 0 bridgehead atoms. The van der Waals surface area contributed by atoms with Gasteiger partial charge in [-0.05, 0) is 24.3 Å². The number of anilines is 2. The molecule has 6 nitrogen and oxygen atoms in total. The van der Waals surface area contributed by atoms with E-state index in [-0.39, 0.29) is 21.3 Å². The average Bonchev–Trinajstić information content (AvgIpc) is 2.42. The summed E-state index contributed by atoms with van der Waals surface area (Å²) >= 11 is 9.23. The van der Waals surface area contributed by atoms with E-state index in [0.717, 1.165) is 4.47 Å². The molecule has 9 heteroatoms. The van der Waals surface area contributed by atoms with E-state index in [9.17, 15) is 8.42 Å². The zero-order valence-electron chi connectivity index (χ0n) is 9.97. The van der Waals surface area contributed by atoms with E-state index in [1.807, 2.05) is 0 Å². The van der Waals surface area contributed by atoms with Gasteiger partial charge in [-0.1, -0.05) is 27.5 Å². The van der Waals surface area contributed by atoms with Gasteiger partial charge in [0, 0.05) is 16.9 Å². The Morgan fingerprint density at radius 1 is 1.25 bits per heavy atom. The molecule has 0 fully saturated rings. The number of benzene rings is 1. The highest BCUT2D eigenvalue weighted by Gasteiger charge is 2.19. The number of nitrogens with zero attached hydrogens (tertiary/aromatic N) is 1. The van der Waals surface area contributed by atoms with Crippen molar-refractivity contribution in [2.75, 3.05) is 10.1 Å². The summed E-state index contributed by atoms with van der Waals surface area (Å²) in [4.78, 5) is 3.71. The van der Waals surface area contributed by atoms with Gasteiger partial charge in [-0.25, -0.2) is 8.42 Å². The van der Waals surface area contributed by atoms with Crippen molar-refractivity contribution in [2.24, 2.45) is 5.84 Å². The van der Waals surface area contributed by atoms with Gasteiger partial charge in [0.2, 0.25) is 0 Å². The first kappa shape index (κ1) is 15.0. The van der Waals surface area contributed by atoms with E-state index in [2.05, 4.69) is 31.1 Å². The molecular weight excluding hydrogens is 368 g/mol. The van der Waals surface area contributed by atoms with Gasteiger partial charge in [-0.15, -0.1) is 0 Å². The second-order valence-corrected chi connectivity index (χ2v) is 6.72. The van der Waals surface area contributed by atoms with Crippen molar-refractivity contribution in [1.82, 2.24) is 4.98 Å². The molecule has 4 N–H and O–H groups in total. The van der Waals surface area contributed by atoms with Gasteiger partial charge in [0.25, 0.3) is 10.0 Å². The number of nitrogen functional groups attached to an aromatic ring is 1. The summed E-state index contributed by atoms with van der Waals surface area (Å²) in [6.45, 7) is 0. The number of pyridine rings is 1. The molecule has 2 aromatic rings. The van der Waals surface area contributed by atoms with E-state index < -0.39 is 10.0 Å². The van der Waals surface area contributed by atoms with Crippen LogP contribution in [-0.4, -0.2) is 13.4 Å². The summed E-state index contributed by atoms with van der Waals surface area (Å²) < 4.78 is 27.7. The third-order valence-corrected chi connectivity index (χ3v) is 4.60. The number of nitrogens with two attached hydrogens (primary N) is 1. The molecule has 106 valence electrons. The second kappa shape index (κ2) is 5.96. The smallest absolute Gasteiger partial charge is 0.265 e. The number of aromatic nitrogens is 1. The van der Waals surface area contributed by atoms with Gasteiger partial charge in [-0.2, -0.15) is 0 Å². The monoisotopic (exact) mass is 376 g/mol. The summed E-state index contributed by atoms with van der Waals surface area (Å²) in [5, 5.41) is 0.272. The van der Waals surface area contributed by atoms with Crippen molar-refractivity contribution in [2.45, 2.75) is 4.90 Å². The summed E-state index contributed by atoms with van der Waals surface area (Å²) in [7, 11) is -3.85. The number of sulfonamides is 1. The van der Waals surface area contributed by atoms with Crippen LogP contribution in [-0.2, 0) is 10.0 Å². The lowest BCUT2D eigenvalue weighted by Crippen LogP contribution is -2.18. The Hall–Kier alpha value is -1.35. The predicted octanol–water partition coefficient (Wildman–Crippen LogP) is 2.58. The minimum Gasteiger partial charge on any atom is -0.323 e. The number of hydrazine groups is 1. The van der Waals surface area contributed by atoms with Crippen LogP contribution in [0.3, 0.4) is 0 Å². The Bertz CT molecular complexity index is 739. The van der Waals surface area contributed by atoms with Crippen LogP contribution < -0.4 is 16.0 Å². The van der Waals surface area contributed by atoms with Crippen LogP contribution in [0.15, 0.2) is 46.0 Å². The number of halogens is 2. The second-order valence-electron chi connectivity index (χ2n) is 3.75. The van der Waals surface area contributed by atoms with Crippen molar-refractivity contribution in [1.29, 1.82) is 0 Å². The first-order valence-corrected chi connectivity index (χ1v) is 7.98. The molecule has 0 aliphatic heterocycles. The molecule has 1 heterocycles. The fourth-order valence-electron chi connectivity index (χ4n) is 1.49. The Balaban J connectivity index is 2.41. The van der Waals surface area contributed by atoms with Crippen molar-refractivity contribution in [3.05, 3.63) is 46.2 Å². The summed E-state index contributed by atoms with van der Waals surface area (Å²) in [5.41, 5.74) is 2.81. The molecule has 1 aromatic heterocycles. The predicted molar refractivity (Wildman–Crippen MR) is 82.0 cm³/mol. The van der Waals surface area contributed by atoms with Crippen LogP contribution in [0.4, 0.5) is 11.4 Å². The lowest BCUT2D eigenvalue weighted by Gasteiger charge is -2.12. The van der Waals surface area contributed by atoms with Gasteiger partial charge in [0.1, 0.15) is 4.90 Å². The quantitative estimate of drug-likeness (QED) is 0.562. The molecule has 0 aliphatic rings. The van der Waals surface area contributed by atoms with Crippen LogP contribution >= 0.6 is 27.5 Å². The minimum absolute atomic E-state index is 0.0681. The summed E-state index contributed by atoms with van der Waals surface area (Å²) in [5.74, 6) is 5.29. The number of hydrogen-bond donors (Lipinski definition) is 3. The van der Waals surface area contributed by atoms with Gasteiger partial charge >= 0.3 is 0 Å². The molecule has 2 rings (SSSR count). The van der Waals surface area contributed by atoms with E-state index in [0.29, 0.717) is 0 Å². The highest BCUT2D eigenvalue weighted by Crippen LogP contribution is 2.29. The number of nitrogens with one attached hydrogen (secondary N) is 2. The Labute approximate surface area is 129 Å². The molecule has 0 amide bonds. The van der Waals surface area contributed by atoms with Crippen molar-refractivity contribution in [3.8, 4) is 0 Å². The lowest BCUT2D eigenvalue weighted by molar-refractivity contribution is 0.601. The van der Waals surface area contributed by atoms with Crippen LogP contribution in [0.1, 0.15) is 0 Å². The maximum Gasteiger partial charge on any atom is 0.265 e. The zero-order chi connectivity index (χ0) is 14.8. The number of rotatable bonds is 4. The summed E-state index contributed by atoms with van der Waals surface area (Å²) in [6, 6.07) is 6.27. The summed E-state index contributed by atoms with van der Waals surface area (Å²) in [6.07, 6.45) is 2.63. The van der Waals surface area contributed by atoms with Crippen molar-refractivity contribution < 1.29 is 8.42 Å². The van der Waals surface area contributed by atoms with Crippen LogP contribution in [0.2, 0.25) is 5.02 Å².